The monoisotopic (exact) mass is 267 g/mol. The van der Waals surface area contributed by atoms with Gasteiger partial charge < -0.3 is 10.0 Å². The van der Waals surface area contributed by atoms with Crippen molar-refractivity contribution in [2.75, 3.05) is 13.1 Å². The average Bonchev–Trinajstić information content (AvgIpc) is 2.67. The first kappa shape index (κ1) is 13.1. The highest BCUT2D eigenvalue weighted by atomic mass is 32.1. The highest BCUT2D eigenvalue weighted by Gasteiger charge is 2.29. The molecule has 1 saturated heterocycles. The molecule has 0 bridgehead atoms. The highest BCUT2D eigenvalue weighted by molar-refractivity contribution is 7.12. The minimum absolute atomic E-state index is 0.0252. The molecule has 1 N–H and O–H groups in total. The Morgan fingerprint density at radius 2 is 2.17 bits per heavy atom. The number of hydrogen-bond donors (Lipinski definition) is 1. The van der Waals surface area contributed by atoms with Gasteiger partial charge in [-0.05, 0) is 32.8 Å². The number of nitrogens with zero attached hydrogens (tertiary/aromatic N) is 1. The van der Waals surface area contributed by atoms with Crippen molar-refractivity contribution in [3.63, 3.8) is 0 Å². The van der Waals surface area contributed by atoms with E-state index >= 15 is 0 Å². The van der Waals surface area contributed by atoms with E-state index in [2.05, 4.69) is 0 Å². The Morgan fingerprint density at radius 1 is 1.44 bits per heavy atom. The fraction of sp³-hybridized carbons (Fsp3) is 0.538. The lowest BCUT2D eigenvalue weighted by atomic mass is 9.97. The van der Waals surface area contributed by atoms with Gasteiger partial charge in [0.05, 0.1) is 11.5 Å². The Labute approximate surface area is 110 Å². The van der Waals surface area contributed by atoms with E-state index in [0.29, 0.717) is 19.5 Å². The lowest BCUT2D eigenvalue weighted by Gasteiger charge is -2.30. The first-order valence-electron chi connectivity index (χ1n) is 6.08. The van der Waals surface area contributed by atoms with E-state index in [9.17, 15) is 9.59 Å². The van der Waals surface area contributed by atoms with Crippen LogP contribution in [0.25, 0.3) is 0 Å². The number of carboxylic acids is 1. The SMILES string of the molecule is Cc1cc(C(=O)N2CCCC(C(=O)O)C2)c(C)s1. The number of aryl methyl sites for hydroxylation is 2. The zero-order valence-electron chi connectivity index (χ0n) is 10.6. The maximum absolute atomic E-state index is 12.3. The fourth-order valence-electron chi connectivity index (χ4n) is 2.38. The van der Waals surface area contributed by atoms with Crippen LogP contribution in [0.5, 0.6) is 0 Å². The molecule has 98 valence electrons. The second-order valence-electron chi connectivity index (χ2n) is 4.76. The molecule has 0 aliphatic carbocycles. The minimum Gasteiger partial charge on any atom is -0.481 e. The Kier molecular flexibility index (Phi) is 3.71. The smallest absolute Gasteiger partial charge is 0.308 e. The Hall–Kier alpha value is -1.36. The molecule has 0 spiro atoms. The first-order valence-corrected chi connectivity index (χ1v) is 6.90. The zero-order chi connectivity index (χ0) is 13.3. The molecular weight excluding hydrogens is 250 g/mol. The Morgan fingerprint density at radius 3 is 2.72 bits per heavy atom. The Balaban J connectivity index is 2.14. The quantitative estimate of drug-likeness (QED) is 0.894. The van der Waals surface area contributed by atoms with E-state index in [1.165, 1.54) is 0 Å². The summed E-state index contributed by atoms with van der Waals surface area (Å²) in [5.74, 6) is -1.24. The van der Waals surface area contributed by atoms with Gasteiger partial charge in [0, 0.05) is 22.8 Å². The van der Waals surface area contributed by atoms with Crippen molar-refractivity contribution in [3.8, 4) is 0 Å². The van der Waals surface area contributed by atoms with Crippen LogP contribution in [0.3, 0.4) is 0 Å². The van der Waals surface area contributed by atoms with Crippen LogP contribution in [0.1, 0.15) is 33.0 Å². The number of amides is 1. The van der Waals surface area contributed by atoms with Crippen LogP contribution < -0.4 is 0 Å². The van der Waals surface area contributed by atoms with Gasteiger partial charge in [0.2, 0.25) is 0 Å². The van der Waals surface area contributed by atoms with Crippen LogP contribution in [0, 0.1) is 19.8 Å². The van der Waals surface area contributed by atoms with Gasteiger partial charge in [-0.1, -0.05) is 0 Å². The molecule has 1 atom stereocenters. The number of carboxylic acid groups (broad SMARTS) is 1. The molecule has 2 heterocycles. The minimum atomic E-state index is -0.800. The van der Waals surface area contributed by atoms with Gasteiger partial charge in [-0.25, -0.2) is 0 Å². The molecule has 18 heavy (non-hydrogen) atoms. The third kappa shape index (κ3) is 2.56. The largest absolute Gasteiger partial charge is 0.481 e. The van der Waals surface area contributed by atoms with Crippen molar-refractivity contribution >= 4 is 23.2 Å². The summed E-state index contributed by atoms with van der Waals surface area (Å²) in [6.45, 7) is 4.91. The maximum atomic E-state index is 12.3. The molecule has 1 amide bonds. The summed E-state index contributed by atoms with van der Waals surface area (Å²) in [5.41, 5.74) is 0.725. The number of aliphatic carboxylic acids is 1. The predicted molar refractivity (Wildman–Crippen MR) is 70.1 cm³/mol. The summed E-state index contributed by atoms with van der Waals surface area (Å²) in [5, 5.41) is 9.03. The van der Waals surface area contributed by atoms with Crippen molar-refractivity contribution in [1.82, 2.24) is 4.90 Å². The van der Waals surface area contributed by atoms with Crippen molar-refractivity contribution < 1.29 is 14.7 Å². The number of carbonyl (C=O) groups is 2. The van der Waals surface area contributed by atoms with Crippen molar-refractivity contribution in [1.29, 1.82) is 0 Å². The molecule has 0 radical (unpaired) electrons. The standard InChI is InChI=1S/C13H17NO3S/c1-8-6-11(9(2)18-8)12(15)14-5-3-4-10(7-14)13(16)17/h6,10H,3-5,7H2,1-2H3,(H,16,17). The number of thiophene rings is 1. The first-order chi connectivity index (χ1) is 8.49. The molecule has 1 aromatic heterocycles. The van der Waals surface area contributed by atoms with Gasteiger partial charge in [0.25, 0.3) is 5.91 Å². The van der Waals surface area contributed by atoms with E-state index in [0.717, 1.165) is 21.7 Å². The van der Waals surface area contributed by atoms with Crippen LogP contribution in [0.4, 0.5) is 0 Å². The van der Waals surface area contributed by atoms with Crippen molar-refractivity contribution in [2.45, 2.75) is 26.7 Å². The molecule has 2 rings (SSSR count). The average molecular weight is 267 g/mol. The van der Waals surface area contributed by atoms with Crippen molar-refractivity contribution in [2.24, 2.45) is 5.92 Å². The van der Waals surface area contributed by atoms with Gasteiger partial charge in [-0.3, -0.25) is 9.59 Å². The molecule has 0 aromatic carbocycles. The molecule has 0 saturated carbocycles. The second-order valence-corrected chi connectivity index (χ2v) is 6.22. The van der Waals surface area contributed by atoms with Crippen molar-refractivity contribution in [3.05, 3.63) is 21.4 Å². The number of rotatable bonds is 2. The molecule has 1 aliphatic heterocycles. The van der Waals surface area contributed by atoms with Gasteiger partial charge >= 0.3 is 5.97 Å². The number of hydrogen-bond acceptors (Lipinski definition) is 3. The third-order valence-electron chi connectivity index (χ3n) is 3.33. The summed E-state index contributed by atoms with van der Waals surface area (Å²) in [4.78, 5) is 27.1. The second kappa shape index (κ2) is 5.10. The van der Waals surface area contributed by atoms with Crippen LogP contribution >= 0.6 is 11.3 Å². The lowest BCUT2D eigenvalue weighted by molar-refractivity contribution is -0.143. The van der Waals surface area contributed by atoms with E-state index in [1.54, 1.807) is 16.2 Å². The summed E-state index contributed by atoms with van der Waals surface area (Å²) in [7, 11) is 0. The van der Waals surface area contributed by atoms with Gasteiger partial charge in [0.1, 0.15) is 0 Å². The molecule has 1 fully saturated rings. The van der Waals surface area contributed by atoms with E-state index in [1.807, 2.05) is 19.9 Å². The van der Waals surface area contributed by atoms with E-state index in [4.69, 9.17) is 5.11 Å². The molecule has 4 nitrogen and oxygen atoms in total. The molecule has 5 heteroatoms. The molecule has 1 unspecified atom stereocenters. The summed E-state index contributed by atoms with van der Waals surface area (Å²) in [6, 6.07) is 1.90. The number of carbonyl (C=O) groups excluding carboxylic acids is 1. The summed E-state index contributed by atoms with van der Waals surface area (Å²) >= 11 is 1.60. The van der Waals surface area contributed by atoms with E-state index in [-0.39, 0.29) is 5.91 Å². The van der Waals surface area contributed by atoms with Crippen LogP contribution in [0.15, 0.2) is 6.07 Å². The van der Waals surface area contributed by atoms with Crippen LogP contribution in [-0.4, -0.2) is 35.0 Å². The highest BCUT2D eigenvalue weighted by Crippen LogP contribution is 2.24. The van der Waals surface area contributed by atoms with Crippen LogP contribution in [0.2, 0.25) is 0 Å². The maximum Gasteiger partial charge on any atom is 0.308 e. The fourth-order valence-corrected chi connectivity index (χ4v) is 3.29. The van der Waals surface area contributed by atoms with Gasteiger partial charge in [-0.15, -0.1) is 11.3 Å². The van der Waals surface area contributed by atoms with Gasteiger partial charge in [-0.2, -0.15) is 0 Å². The third-order valence-corrected chi connectivity index (χ3v) is 4.30. The molecule has 1 aromatic rings. The summed E-state index contributed by atoms with van der Waals surface area (Å²) < 4.78 is 0. The predicted octanol–water partition coefficient (Wildman–Crippen LogP) is 2.30. The summed E-state index contributed by atoms with van der Waals surface area (Å²) in [6.07, 6.45) is 1.44. The lowest BCUT2D eigenvalue weighted by Crippen LogP contribution is -2.42. The molecular formula is C13H17NO3S. The number of likely N-dealkylation sites (tertiary alicyclic amines) is 1. The zero-order valence-corrected chi connectivity index (χ0v) is 11.4. The van der Waals surface area contributed by atoms with E-state index < -0.39 is 11.9 Å². The number of piperidine rings is 1. The van der Waals surface area contributed by atoms with Crippen LogP contribution in [-0.2, 0) is 4.79 Å². The Bertz CT molecular complexity index is 481. The normalized spacial score (nSPS) is 19.9. The topological polar surface area (TPSA) is 57.6 Å². The van der Waals surface area contributed by atoms with Gasteiger partial charge in [0.15, 0.2) is 0 Å². The molecule has 1 aliphatic rings.